The predicted molar refractivity (Wildman–Crippen MR) is 131 cm³/mol. The maximum Gasteiger partial charge on any atom is 0.391 e. The zero-order valence-corrected chi connectivity index (χ0v) is 20.9. The second-order valence-electron chi connectivity index (χ2n) is 10.5. The van der Waals surface area contributed by atoms with Crippen LogP contribution in [-0.4, -0.2) is 60.4 Å². The molecule has 2 N–H and O–H groups in total. The third-order valence-electron chi connectivity index (χ3n) is 7.00. The predicted octanol–water partition coefficient (Wildman–Crippen LogP) is 5.34. The Labute approximate surface area is 209 Å². The van der Waals surface area contributed by atoms with E-state index in [-0.39, 0.29) is 54.4 Å². The van der Waals surface area contributed by atoms with Gasteiger partial charge in [-0.15, -0.1) is 0 Å². The Morgan fingerprint density at radius 1 is 1.19 bits per heavy atom. The third-order valence-corrected chi connectivity index (χ3v) is 7.00. The second-order valence-corrected chi connectivity index (χ2v) is 10.5. The van der Waals surface area contributed by atoms with E-state index in [0.29, 0.717) is 57.7 Å². The Bertz CT molecular complexity index is 919. The number of hydrogen-bond donors (Lipinski definition) is 2. The van der Waals surface area contributed by atoms with E-state index in [1.54, 1.807) is 19.9 Å². The highest BCUT2D eigenvalue weighted by Crippen LogP contribution is 2.41. The van der Waals surface area contributed by atoms with E-state index < -0.39 is 22.6 Å². The van der Waals surface area contributed by atoms with Gasteiger partial charge in [-0.25, -0.2) is 0 Å². The molecule has 0 unspecified atom stereocenters. The van der Waals surface area contributed by atoms with Crippen molar-refractivity contribution in [3.63, 3.8) is 0 Å². The topological polar surface area (TPSA) is 105 Å². The van der Waals surface area contributed by atoms with E-state index in [4.69, 9.17) is 4.74 Å². The Hall–Kier alpha value is -2.40. The van der Waals surface area contributed by atoms with E-state index >= 15 is 0 Å². The molecule has 2 fully saturated rings. The Morgan fingerprint density at radius 2 is 1.83 bits per heavy atom. The molecule has 8 nitrogen and oxygen atoms in total. The summed E-state index contributed by atoms with van der Waals surface area (Å²) in [6, 6.07) is 2.90. The second kappa shape index (κ2) is 11.8. The summed E-state index contributed by atoms with van der Waals surface area (Å²) >= 11 is 0. The summed E-state index contributed by atoms with van der Waals surface area (Å²) in [5.74, 6) is -1.29. The largest absolute Gasteiger partial charge is 0.391 e. The summed E-state index contributed by atoms with van der Waals surface area (Å²) in [7, 11) is 0. The highest BCUT2D eigenvalue weighted by Gasteiger charge is 2.41. The van der Waals surface area contributed by atoms with Crippen LogP contribution in [0.25, 0.3) is 0 Å². The first kappa shape index (κ1) is 28.2. The van der Waals surface area contributed by atoms with E-state index in [2.05, 4.69) is 5.32 Å². The van der Waals surface area contributed by atoms with E-state index in [9.17, 15) is 33.2 Å². The van der Waals surface area contributed by atoms with Crippen LogP contribution in [0.2, 0.25) is 0 Å². The molecule has 0 radical (unpaired) electrons. The van der Waals surface area contributed by atoms with Crippen molar-refractivity contribution in [2.24, 2.45) is 11.8 Å². The number of carbonyl (C=O) groups excluding carboxylic acids is 1. The molecule has 202 valence electrons. The highest BCUT2D eigenvalue weighted by molar-refractivity contribution is 6.03. The lowest BCUT2D eigenvalue weighted by Crippen LogP contribution is -2.37. The number of hydrogen-bond acceptors (Lipinski definition) is 7. The van der Waals surface area contributed by atoms with Crippen LogP contribution in [0.4, 0.5) is 30.2 Å². The molecule has 0 atom stereocenters. The molecule has 1 aliphatic heterocycles. The molecule has 11 heteroatoms. The van der Waals surface area contributed by atoms with Crippen LogP contribution in [-0.2, 0) is 4.74 Å². The summed E-state index contributed by atoms with van der Waals surface area (Å²) in [4.78, 5) is 26.5. The molecule has 1 aromatic carbocycles. The van der Waals surface area contributed by atoms with Gasteiger partial charge in [-0.3, -0.25) is 14.9 Å². The number of morpholine rings is 1. The highest BCUT2D eigenvalue weighted by atomic mass is 19.4. The number of nitro benzene ring substituents is 1. The summed E-state index contributed by atoms with van der Waals surface area (Å²) in [6.45, 7) is 5.26. The smallest absolute Gasteiger partial charge is 0.389 e. The lowest BCUT2D eigenvalue weighted by atomic mass is 9.79. The first-order valence-electron chi connectivity index (χ1n) is 12.6. The fourth-order valence-electron chi connectivity index (χ4n) is 4.93. The molecule has 0 spiro atoms. The zero-order chi connectivity index (χ0) is 26.5. The van der Waals surface area contributed by atoms with Crippen LogP contribution >= 0.6 is 0 Å². The van der Waals surface area contributed by atoms with Crippen molar-refractivity contribution in [1.29, 1.82) is 0 Å². The van der Waals surface area contributed by atoms with Crippen molar-refractivity contribution >= 4 is 22.8 Å². The van der Waals surface area contributed by atoms with E-state index in [0.717, 1.165) is 0 Å². The summed E-state index contributed by atoms with van der Waals surface area (Å²) in [5, 5.41) is 24.8. The van der Waals surface area contributed by atoms with Gasteiger partial charge in [0.25, 0.3) is 5.69 Å². The number of aliphatic hydroxyl groups is 1. The fourth-order valence-corrected chi connectivity index (χ4v) is 4.93. The standard InChI is InChI=1S/C25H36F3N3O5/c1-24(2,33)16-29-20-15-21(30-10-12-36-13-11-30)19(14-22(20)31(34)35)23(32)5-3-4-17-6-8-18(9-7-17)25(26,27)28/h14-15,17-18,29,33H,3-13,16H2,1-2H3. The normalized spacial score (nSPS) is 21.3. The average molecular weight is 516 g/mol. The van der Waals surface area contributed by atoms with Crippen molar-refractivity contribution in [1.82, 2.24) is 0 Å². The van der Waals surface area contributed by atoms with Crippen LogP contribution in [0.15, 0.2) is 12.1 Å². The van der Waals surface area contributed by atoms with Gasteiger partial charge in [0, 0.05) is 37.7 Å². The molecule has 2 aliphatic rings. The van der Waals surface area contributed by atoms with Gasteiger partial charge >= 0.3 is 6.18 Å². The number of Topliss-reactive ketones (excluding diaryl/α,β-unsaturated/α-hetero) is 1. The zero-order valence-electron chi connectivity index (χ0n) is 20.9. The molecule has 0 aromatic heterocycles. The van der Waals surface area contributed by atoms with Crippen LogP contribution in [0.5, 0.6) is 0 Å². The van der Waals surface area contributed by atoms with Gasteiger partial charge in [-0.1, -0.05) is 6.42 Å². The minimum Gasteiger partial charge on any atom is -0.389 e. The number of nitro groups is 1. The number of nitrogens with zero attached hydrogens (tertiary/aromatic N) is 2. The number of alkyl halides is 3. The maximum atomic E-state index is 13.2. The van der Waals surface area contributed by atoms with Gasteiger partial charge in [-0.2, -0.15) is 13.2 Å². The minimum absolute atomic E-state index is 0.0836. The lowest BCUT2D eigenvalue weighted by Gasteiger charge is -2.31. The third kappa shape index (κ3) is 7.80. The molecule has 0 bridgehead atoms. The number of halogens is 3. The number of anilines is 2. The maximum absolute atomic E-state index is 13.2. The number of benzene rings is 1. The number of ether oxygens (including phenoxy) is 1. The molecular weight excluding hydrogens is 479 g/mol. The molecule has 36 heavy (non-hydrogen) atoms. The van der Waals surface area contributed by atoms with E-state index in [1.165, 1.54) is 6.07 Å². The van der Waals surface area contributed by atoms with E-state index in [1.807, 2.05) is 4.90 Å². The summed E-state index contributed by atoms with van der Waals surface area (Å²) in [5.41, 5.74) is -0.275. The van der Waals surface area contributed by atoms with Crippen LogP contribution in [0, 0.1) is 22.0 Å². The fraction of sp³-hybridized carbons (Fsp3) is 0.720. The molecule has 1 aliphatic carbocycles. The summed E-state index contributed by atoms with van der Waals surface area (Å²) < 4.78 is 44.1. The molecule has 0 amide bonds. The van der Waals surface area contributed by atoms with Crippen LogP contribution < -0.4 is 10.2 Å². The first-order chi connectivity index (χ1) is 16.8. The first-order valence-corrected chi connectivity index (χ1v) is 12.6. The van der Waals surface area contributed by atoms with Crippen molar-refractivity contribution in [2.75, 3.05) is 43.1 Å². The van der Waals surface area contributed by atoms with Gasteiger partial charge in [0.15, 0.2) is 5.78 Å². The van der Waals surface area contributed by atoms with Gasteiger partial charge in [0.2, 0.25) is 0 Å². The number of ketones is 1. The van der Waals surface area contributed by atoms with Gasteiger partial charge in [0.1, 0.15) is 5.69 Å². The molecule has 1 saturated carbocycles. The summed E-state index contributed by atoms with van der Waals surface area (Å²) in [6.07, 6.45) is -1.51. The average Bonchev–Trinajstić information content (AvgIpc) is 2.82. The number of carbonyl (C=O) groups is 1. The van der Waals surface area contributed by atoms with Crippen molar-refractivity contribution < 1.29 is 32.7 Å². The molecule has 3 rings (SSSR count). The molecule has 1 saturated heterocycles. The van der Waals surface area contributed by atoms with Crippen molar-refractivity contribution in [2.45, 2.75) is 70.6 Å². The molecule has 1 heterocycles. The number of rotatable bonds is 10. The molecule has 1 aromatic rings. The lowest BCUT2D eigenvalue weighted by molar-refractivity contribution is -0.384. The van der Waals surface area contributed by atoms with Gasteiger partial charge in [0.05, 0.1) is 35.3 Å². The van der Waals surface area contributed by atoms with Gasteiger partial charge < -0.3 is 20.1 Å². The van der Waals surface area contributed by atoms with Crippen molar-refractivity contribution in [3.8, 4) is 0 Å². The quantitative estimate of drug-likeness (QED) is 0.246. The monoisotopic (exact) mass is 515 g/mol. The van der Waals surface area contributed by atoms with Crippen LogP contribution in [0.1, 0.15) is 69.2 Å². The minimum atomic E-state index is -4.14. The number of nitrogens with one attached hydrogen (secondary N) is 1. The van der Waals surface area contributed by atoms with Crippen molar-refractivity contribution in [3.05, 3.63) is 27.8 Å². The Morgan fingerprint density at radius 3 is 2.39 bits per heavy atom. The van der Waals surface area contributed by atoms with Gasteiger partial charge in [-0.05, 0) is 57.9 Å². The van der Waals surface area contributed by atoms with Crippen LogP contribution in [0.3, 0.4) is 0 Å². The Kier molecular flexibility index (Phi) is 9.21. The Balaban J connectivity index is 1.73. The molecular formula is C25H36F3N3O5. The SMILES string of the molecule is CC(C)(O)CNc1cc(N2CCOCC2)c(C(=O)CCCC2CCC(C(F)(F)F)CC2)cc1[N+](=O)[O-].